The summed E-state index contributed by atoms with van der Waals surface area (Å²) in [6, 6.07) is 16.4. The standard InChI is InChI=1S/C20H25N3O/c1-3-22-12-14-23(15-13-22)19-10-8-18(9-11-19)21-16-17-6-4-5-7-20(17)24-2/h4-11,16H,3,12-15H2,1-2H3. The van der Waals surface area contributed by atoms with Gasteiger partial charge in [0.25, 0.3) is 0 Å². The zero-order valence-corrected chi connectivity index (χ0v) is 14.5. The van der Waals surface area contributed by atoms with E-state index >= 15 is 0 Å². The summed E-state index contributed by atoms with van der Waals surface area (Å²) in [5.41, 5.74) is 3.22. The number of aliphatic imine (C=N–C) groups is 1. The van der Waals surface area contributed by atoms with Gasteiger partial charge >= 0.3 is 0 Å². The Kier molecular flexibility index (Phi) is 5.49. The summed E-state index contributed by atoms with van der Waals surface area (Å²) in [5.74, 6) is 0.840. The SMILES string of the molecule is CCN1CCN(c2ccc(N=Cc3ccccc3OC)cc2)CC1. The van der Waals surface area contributed by atoms with Crippen molar-refractivity contribution in [1.29, 1.82) is 0 Å². The number of ether oxygens (including phenoxy) is 1. The molecule has 1 aliphatic rings. The third-order valence-corrected chi connectivity index (χ3v) is 4.53. The van der Waals surface area contributed by atoms with Gasteiger partial charge in [0.05, 0.1) is 12.8 Å². The normalized spacial score (nSPS) is 15.8. The average molecular weight is 323 g/mol. The van der Waals surface area contributed by atoms with Crippen LogP contribution in [0.25, 0.3) is 0 Å². The number of likely N-dealkylation sites (N-methyl/N-ethyl adjacent to an activating group) is 1. The number of benzene rings is 2. The highest BCUT2D eigenvalue weighted by molar-refractivity contribution is 5.85. The van der Waals surface area contributed by atoms with E-state index in [1.807, 2.05) is 30.5 Å². The molecular formula is C20H25N3O. The van der Waals surface area contributed by atoms with Crippen LogP contribution < -0.4 is 9.64 Å². The Bertz CT molecular complexity index is 674. The van der Waals surface area contributed by atoms with Crippen LogP contribution in [0.1, 0.15) is 12.5 Å². The maximum Gasteiger partial charge on any atom is 0.127 e. The van der Waals surface area contributed by atoms with Crippen LogP contribution in [0.3, 0.4) is 0 Å². The number of piperazine rings is 1. The molecule has 1 fully saturated rings. The fourth-order valence-electron chi connectivity index (χ4n) is 2.99. The number of methoxy groups -OCH3 is 1. The van der Waals surface area contributed by atoms with Gasteiger partial charge in [-0.3, -0.25) is 4.99 Å². The molecule has 0 amide bonds. The second-order valence-corrected chi connectivity index (χ2v) is 5.94. The van der Waals surface area contributed by atoms with Crippen LogP contribution in [-0.4, -0.2) is 50.9 Å². The number of para-hydroxylation sites is 1. The minimum Gasteiger partial charge on any atom is -0.496 e. The molecule has 4 heteroatoms. The number of anilines is 1. The summed E-state index contributed by atoms with van der Waals surface area (Å²) in [6.07, 6.45) is 1.86. The summed E-state index contributed by atoms with van der Waals surface area (Å²) < 4.78 is 5.35. The van der Waals surface area contributed by atoms with E-state index in [0.717, 1.165) is 49.7 Å². The van der Waals surface area contributed by atoms with Crippen molar-refractivity contribution in [2.24, 2.45) is 4.99 Å². The second-order valence-electron chi connectivity index (χ2n) is 5.94. The summed E-state index contributed by atoms with van der Waals surface area (Å²) in [6.45, 7) is 7.85. The monoisotopic (exact) mass is 323 g/mol. The molecule has 0 radical (unpaired) electrons. The molecule has 2 aromatic rings. The van der Waals surface area contributed by atoms with E-state index in [1.54, 1.807) is 7.11 Å². The lowest BCUT2D eigenvalue weighted by Crippen LogP contribution is -2.46. The lowest BCUT2D eigenvalue weighted by atomic mass is 10.2. The summed E-state index contributed by atoms with van der Waals surface area (Å²) in [7, 11) is 1.68. The Morgan fingerprint density at radius 3 is 2.38 bits per heavy atom. The lowest BCUT2D eigenvalue weighted by molar-refractivity contribution is 0.271. The molecule has 1 aliphatic heterocycles. The molecule has 0 spiro atoms. The molecule has 1 saturated heterocycles. The smallest absolute Gasteiger partial charge is 0.127 e. The van der Waals surface area contributed by atoms with Crippen molar-refractivity contribution in [2.45, 2.75) is 6.92 Å². The first-order chi connectivity index (χ1) is 11.8. The Hall–Kier alpha value is -2.33. The van der Waals surface area contributed by atoms with Crippen molar-refractivity contribution in [3.8, 4) is 5.75 Å². The van der Waals surface area contributed by atoms with Crippen LogP contribution in [0.5, 0.6) is 5.75 Å². The highest BCUT2D eigenvalue weighted by Gasteiger charge is 2.15. The Morgan fingerprint density at radius 2 is 1.71 bits per heavy atom. The number of hydrogen-bond donors (Lipinski definition) is 0. The van der Waals surface area contributed by atoms with E-state index in [9.17, 15) is 0 Å². The second kappa shape index (κ2) is 7.97. The molecule has 0 N–H and O–H groups in total. The quantitative estimate of drug-likeness (QED) is 0.787. The minimum atomic E-state index is 0.840. The van der Waals surface area contributed by atoms with E-state index in [0.29, 0.717) is 0 Å². The number of rotatable bonds is 5. The summed E-state index contributed by atoms with van der Waals surface area (Å²) in [4.78, 5) is 9.50. The maximum absolute atomic E-state index is 5.35. The van der Waals surface area contributed by atoms with Crippen molar-refractivity contribution < 1.29 is 4.74 Å². The highest BCUT2D eigenvalue weighted by Crippen LogP contribution is 2.22. The third-order valence-electron chi connectivity index (χ3n) is 4.53. The lowest BCUT2D eigenvalue weighted by Gasteiger charge is -2.35. The molecule has 1 heterocycles. The van der Waals surface area contributed by atoms with Crippen LogP contribution in [0.2, 0.25) is 0 Å². The van der Waals surface area contributed by atoms with Crippen molar-refractivity contribution >= 4 is 17.6 Å². The van der Waals surface area contributed by atoms with Crippen LogP contribution in [0.15, 0.2) is 53.5 Å². The number of nitrogens with zero attached hydrogens (tertiary/aromatic N) is 3. The fraction of sp³-hybridized carbons (Fsp3) is 0.350. The van der Waals surface area contributed by atoms with E-state index < -0.39 is 0 Å². The first-order valence-corrected chi connectivity index (χ1v) is 8.54. The van der Waals surface area contributed by atoms with Gasteiger partial charge in [-0.2, -0.15) is 0 Å². The van der Waals surface area contributed by atoms with Gasteiger partial charge in [-0.1, -0.05) is 19.1 Å². The van der Waals surface area contributed by atoms with Gasteiger partial charge in [0.2, 0.25) is 0 Å². The van der Waals surface area contributed by atoms with E-state index in [4.69, 9.17) is 4.74 Å². The Labute approximate surface area is 144 Å². The molecule has 3 rings (SSSR count). The van der Waals surface area contributed by atoms with Crippen LogP contribution >= 0.6 is 0 Å². The summed E-state index contributed by atoms with van der Waals surface area (Å²) in [5, 5.41) is 0. The van der Waals surface area contributed by atoms with Crippen molar-refractivity contribution in [1.82, 2.24) is 4.90 Å². The highest BCUT2D eigenvalue weighted by atomic mass is 16.5. The van der Waals surface area contributed by atoms with E-state index in [2.05, 4.69) is 46.0 Å². The van der Waals surface area contributed by atoms with Gasteiger partial charge < -0.3 is 14.5 Å². The summed E-state index contributed by atoms with van der Waals surface area (Å²) >= 11 is 0. The zero-order valence-electron chi connectivity index (χ0n) is 14.5. The van der Waals surface area contributed by atoms with Crippen molar-refractivity contribution in [3.05, 3.63) is 54.1 Å². The molecular weight excluding hydrogens is 298 g/mol. The largest absolute Gasteiger partial charge is 0.496 e. The Morgan fingerprint density at radius 1 is 1.00 bits per heavy atom. The van der Waals surface area contributed by atoms with Crippen LogP contribution in [0, 0.1) is 0 Å². The van der Waals surface area contributed by atoms with E-state index in [1.165, 1.54) is 5.69 Å². The molecule has 4 nitrogen and oxygen atoms in total. The predicted octanol–water partition coefficient (Wildman–Crippen LogP) is 3.59. The van der Waals surface area contributed by atoms with Crippen molar-refractivity contribution in [3.63, 3.8) is 0 Å². The molecule has 0 unspecified atom stereocenters. The van der Waals surface area contributed by atoms with E-state index in [-0.39, 0.29) is 0 Å². The molecule has 0 aromatic heterocycles. The Balaban J connectivity index is 1.65. The molecule has 0 atom stereocenters. The molecule has 0 saturated carbocycles. The van der Waals surface area contributed by atoms with Gasteiger partial charge in [-0.25, -0.2) is 0 Å². The van der Waals surface area contributed by atoms with Gasteiger partial charge in [0, 0.05) is 43.6 Å². The first kappa shape index (κ1) is 16.5. The van der Waals surface area contributed by atoms with Gasteiger partial charge in [0.15, 0.2) is 0 Å². The topological polar surface area (TPSA) is 28.1 Å². The molecule has 126 valence electrons. The average Bonchev–Trinajstić information content (AvgIpc) is 2.67. The van der Waals surface area contributed by atoms with Crippen LogP contribution in [0.4, 0.5) is 11.4 Å². The maximum atomic E-state index is 5.35. The van der Waals surface area contributed by atoms with Crippen molar-refractivity contribution in [2.75, 3.05) is 44.7 Å². The molecule has 24 heavy (non-hydrogen) atoms. The first-order valence-electron chi connectivity index (χ1n) is 8.54. The predicted molar refractivity (Wildman–Crippen MR) is 101 cm³/mol. The third kappa shape index (κ3) is 3.95. The van der Waals surface area contributed by atoms with Gasteiger partial charge in [-0.15, -0.1) is 0 Å². The molecule has 2 aromatic carbocycles. The zero-order chi connectivity index (χ0) is 16.8. The minimum absolute atomic E-state index is 0.840. The fourth-order valence-corrected chi connectivity index (χ4v) is 2.99. The van der Waals surface area contributed by atoms with Gasteiger partial charge in [0.1, 0.15) is 5.75 Å². The molecule has 0 aliphatic carbocycles. The molecule has 0 bridgehead atoms. The number of hydrogen-bond acceptors (Lipinski definition) is 4. The van der Waals surface area contributed by atoms with Crippen LogP contribution in [-0.2, 0) is 0 Å². The van der Waals surface area contributed by atoms with Gasteiger partial charge in [-0.05, 0) is 42.9 Å².